The van der Waals surface area contributed by atoms with Gasteiger partial charge in [-0.15, -0.1) is 0 Å². The Morgan fingerprint density at radius 2 is 1.67 bits per heavy atom. The highest BCUT2D eigenvalue weighted by Gasteiger charge is 1.95. The van der Waals surface area contributed by atoms with E-state index in [9.17, 15) is 0 Å². The monoisotopic (exact) mass is 302 g/mol. The topological polar surface area (TPSA) is 0 Å². The molecule has 0 rings (SSSR count). The predicted molar refractivity (Wildman–Crippen MR) is 88.6 cm³/mol. The van der Waals surface area contributed by atoms with Crippen molar-refractivity contribution in [3.05, 3.63) is 23.3 Å². The minimum Gasteiger partial charge on any atom is -0.309 e. The standard InChI is InChI=1S/C15H28.2ClH.Mg/c1-6-14(4)10-8-12-15(5)11-7-9-13(2)3;;;/h6,12-13H,7-11H2,1-5H3;2*1H;/q;;;+2/p-2. The second kappa shape index (κ2) is 15.9. The lowest BCUT2D eigenvalue weighted by Gasteiger charge is -2.04. The summed E-state index contributed by atoms with van der Waals surface area (Å²) in [5.41, 5.74) is 3.07. The molecule has 0 saturated heterocycles. The van der Waals surface area contributed by atoms with Crippen LogP contribution in [0, 0.1) is 5.92 Å². The molecule has 0 aliphatic heterocycles. The molecule has 0 aliphatic rings. The normalized spacial score (nSPS) is 12.0. The van der Waals surface area contributed by atoms with E-state index in [0.717, 1.165) is 5.92 Å². The van der Waals surface area contributed by atoms with Crippen molar-refractivity contribution >= 4 is 36.3 Å². The molecule has 0 aromatic heterocycles. The summed E-state index contributed by atoms with van der Waals surface area (Å²) in [6.45, 7) is 11.2. The maximum absolute atomic E-state index is 4.90. The number of rotatable bonds is 7. The van der Waals surface area contributed by atoms with Gasteiger partial charge < -0.3 is 18.1 Å². The van der Waals surface area contributed by atoms with E-state index in [-0.39, 0.29) is 0 Å². The zero-order valence-electron chi connectivity index (χ0n) is 12.7. The zero-order valence-corrected chi connectivity index (χ0v) is 15.7. The fraction of sp³-hybridized carbons (Fsp3) is 0.733. The first-order chi connectivity index (χ1) is 8.47. The molecule has 0 radical (unpaired) electrons. The number of hydrogen-bond donors (Lipinski definition) is 0. The van der Waals surface area contributed by atoms with Gasteiger partial charge in [0.15, 0.2) is 0 Å². The van der Waals surface area contributed by atoms with E-state index in [1.165, 1.54) is 37.7 Å². The zero-order chi connectivity index (χ0) is 14.4. The summed E-state index contributed by atoms with van der Waals surface area (Å²) in [7, 11) is 9.81. The van der Waals surface area contributed by atoms with Crippen LogP contribution in [-0.2, 0) is 0 Å². The van der Waals surface area contributed by atoms with E-state index in [4.69, 9.17) is 18.1 Å². The Labute approximate surface area is 131 Å². The number of allylic oxidation sites excluding steroid dienone is 4. The lowest BCUT2D eigenvalue weighted by molar-refractivity contribution is 0.554. The van der Waals surface area contributed by atoms with Crippen LogP contribution in [-0.4, -0.2) is 18.2 Å². The second-order valence-corrected chi connectivity index (χ2v) is 7.74. The van der Waals surface area contributed by atoms with Gasteiger partial charge in [-0.1, -0.05) is 43.6 Å². The van der Waals surface area contributed by atoms with Crippen molar-refractivity contribution in [2.75, 3.05) is 0 Å². The fourth-order valence-electron chi connectivity index (χ4n) is 1.58. The van der Waals surface area contributed by atoms with Crippen molar-refractivity contribution in [2.45, 2.75) is 66.7 Å². The Hall–Kier alpha value is 0.826. The molecular formula is C15H28Cl2Mg. The molecule has 0 aromatic carbocycles. The maximum atomic E-state index is 4.90. The van der Waals surface area contributed by atoms with Crippen LogP contribution < -0.4 is 0 Å². The fourth-order valence-corrected chi connectivity index (χ4v) is 1.58. The van der Waals surface area contributed by atoms with Crippen LogP contribution in [0.15, 0.2) is 23.3 Å². The molecule has 0 aromatic rings. The van der Waals surface area contributed by atoms with Gasteiger partial charge in [0, 0.05) is 0 Å². The van der Waals surface area contributed by atoms with Gasteiger partial charge in [-0.2, -0.15) is 0 Å². The Morgan fingerprint density at radius 3 is 2.11 bits per heavy atom. The summed E-state index contributed by atoms with van der Waals surface area (Å²) >= 11 is -0.639. The minimum atomic E-state index is -0.639. The van der Waals surface area contributed by atoms with Crippen molar-refractivity contribution in [2.24, 2.45) is 5.92 Å². The molecular weight excluding hydrogens is 275 g/mol. The largest absolute Gasteiger partial charge is 0.618 e. The Kier molecular flexibility index (Phi) is 18.6. The highest BCUT2D eigenvalue weighted by Crippen LogP contribution is 2.13. The SMILES string of the molecule is CC=C(C)CCC=C(C)CCCC(C)C.[Cl][Mg][Cl]. The van der Waals surface area contributed by atoms with E-state index in [1.54, 1.807) is 5.57 Å². The Morgan fingerprint density at radius 1 is 1.11 bits per heavy atom. The van der Waals surface area contributed by atoms with Crippen LogP contribution in [0.1, 0.15) is 66.7 Å². The summed E-state index contributed by atoms with van der Waals surface area (Å²) in [5, 5.41) is 0. The lowest BCUT2D eigenvalue weighted by Crippen LogP contribution is -1.87. The van der Waals surface area contributed by atoms with Gasteiger partial charge in [-0.3, -0.25) is 0 Å². The number of hydrogen-bond acceptors (Lipinski definition) is 0. The molecule has 0 fully saturated rings. The first-order valence-corrected chi connectivity index (χ1v) is 11.1. The van der Waals surface area contributed by atoms with Crippen molar-refractivity contribution in [3.63, 3.8) is 0 Å². The molecule has 0 bridgehead atoms. The highest BCUT2D eigenvalue weighted by atomic mass is 35.6. The molecule has 0 unspecified atom stereocenters. The average Bonchev–Trinajstić information content (AvgIpc) is 2.29. The summed E-state index contributed by atoms with van der Waals surface area (Å²) in [4.78, 5) is 0. The van der Waals surface area contributed by atoms with E-state index in [0.29, 0.717) is 0 Å². The average molecular weight is 304 g/mol. The third-order valence-electron chi connectivity index (χ3n) is 2.88. The van der Waals surface area contributed by atoms with E-state index >= 15 is 0 Å². The predicted octanol–water partition coefficient (Wildman–Crippen LogP) is 6.50. The maximum Gasteiger partial charge on any atom is 0.618 e. The summed E-state index contributed by atoms with van der Waals surface area (Å²) in [5.74, 6) is 0.850. The van der Waals surface area contributed by atoms with E-state index in [2.05, 4.69) is 46.8 Å². The molecule has 0 heterocycles. The molecule has 104 valence electrons. The molecule has 0 amide bonds. The molecule has 0 spiro atoms. The van der Waals surface area contributed by atoms with Crippen LogP contribution in [0.4, 0.5) is 0 Å². The minimum absolute atomic E-state index is 0.639. The van der Waals surface area contributed by atoms with Gasteiger partial charge in [0.05, 0.1) is 0 Å². The van der Waals surface area contributed by atoms with Gasteiger partial charge in [-0.25, -0.2) is 0 Å². The molecule has 3 heteroatoms. The third kappa shape index (κ3) is 19.2. The van der Waals surface area contributed by atoms with Gasteiger partial charge in [0.1, 0.15) is 0 Å². The summed E-state index contributed by atoms with van der Waals surface area (Å²) in [6.07, 6.45) is 11.0. The smallest absolute Gasteiger partial charge is 0.309 e. The lowest BCUT2D eigenvalue weighted by atomic mass is 10.0. The van der Waals surface area contributed by atoms with Crippen LogP contribution in [0.5, 0.6) is 0 Å². The molecule has 0 nitrogen and oxygen atoms in total. The quantitative estimate of drug-likeness (QED) is 0.372. The van der Waals surface area contributed by atoms with Crippen LogP contribution in [0.25, 0.3) is 0 Å². The molecule has 18 heavy (non-hydrogen) atoms. The first-order valence-electron chi connectivity index (χ1n) is 6.87. The molecule has 0 saturated carbocycles. The summed E-state index contributed by atoms with van der Waals surface area (Å²) in [6, 6.07) is 0. The molecule has 0 aliphatic carbocycles. The Bertz CT molecular complexity index is 233. The highest BCUT2D eigenvalue weighted by molar-refractivity contribution is 7.22. The number of halogens is 2. The van der Waals surface area contributed by atoms with Crippen LogP contribution in [0.3, 0.4) is 0 Å². The second-order valence-electron chi connectivity index (χ2n) is 5.11. The van der Waals surface area contributed by atoms with E-state index in [1.807, 2.05) is 0 Å². The van der Waals surface area contributed by atoms with Crippen molar-refractivity contribution in [1.82, 2.24) is 0 Å². The van der Waals surface area contributed by atoms with Crippen LogP contribution >= 0.6 is 18.1 Å². The third-order valence-corrected chi connectivity index (χ3v) is 2.88. The van der Waals surface area contributed by atoms with Gasteiger partial charge in [0.25, 0.3) is 0 Å². The summed E-state index contributed by atoms with van der Waals surface area (Å²) < 4.78 is 0. The van der Waals surface area contributed by atoms with Crippen LogP contribution in [0.2, 0.25) is 0 Å². The van der Waals surface area contributed by atoms with Gasteiger partial charge in [0.2, 0.25) is 0 Å². The van der Waals surface area contributed by atoms with Crippen molar-refractivity contribution in [1.29, 1.82) is 0 Å². The first kappa shape index (κ1) is 21.1. The van der Waals surface area contributed by atoms with Crippen molar-refractivity contribution < 1.29 is 0 Å². The van der Waals surface area contributed by atoms with Crippen molar-refractivity contribution in [3.8, 4) is 0 Å². The van der Waals surface area contributed by atoms with E-state index < -0.39 is 18.2 Å². The van der Waals surface area contributed by atoms with Gasteiger partial charge >= 0.3 is 18.2 Å². The molecule has 0 N–H and O–H groups in total. The Balaban J connectivity index is 0. The van der Waals surface area contributed by atoms with Gasteiger partial charge in [-0.05, 0) is 52.4 Å². The molecule has 0 atom stereocenters.